The number of nitrogens with zero attached hydrogens (tertiary/aromatic N) is 4. The first kappa shape index (κ1) is 17.9. The van der Waals surface area contributed by atoms with Crippen molar-refractivity contribution in [1.82, 2.24) is 19.7 Å². The molecule has 1 aliphatic rings. The monoisotopic (exact) mass is 359 g/mol. The van der Waals surface area contributed by atoms with E-state index in [0.29, 0.717) is 24.8 Å². The number of aromatic nitrogens is 4. The lowest BCUT2D eigenvalue weighted by Gasteiger charge is -2.15. The maximum atomic E-state index is 12.4. The number of carbonyl (C=O) groups is 1. The minimum absolute atomic E-state index is 0.00232. The Hall–Kier alpha value is -1.89. The van der Waals surface area contributed by atoms with E-state index in [9.17, 15) is 4.79 Å². The first-order valence-corrected chi connectivity index (χ1v) is 9.93. The van der Waals surface area contributed by atoms with Crippen molar-refractivity contribution in [2.75, 3.05) is 11.6 Å². The molecule has 0 saturated heterocycles. The molecule has 0 bridgehead atoms. The molecule has 1 N–H and O–H groups in total. The minimum Gasteiger partial charge on any atom is -0.311 e. The van der Waals surface area contributed by atoms with Crippen LogP contribution in [0.1, 0.15) is 49.2 Å². The van der Waals surface area contributed by atoms with Crippen LogP contribution in [0.4, 0.5) is 5.82 Å². The number of nitrogens with one attached hydrogen (secondary N) is 1. The average molecular weight is 359 g/mol. The van der Waals surface area contributed by atoms with Crippen LogP contribution in [0.5, 0.6) is 0 Å². The third kappa shape index (κ3) is 4.21. The van der Waals surface area contributed by atoms with Crippen LogP contribution < -0.4 is 5.32 Å². The van der Waals surface area contributed by atoms with E-state index in [4.69, 9.17) is 0 Å². The number of hydrogen-bond donors (Lipinski definition) is 1. The maximum Gasteiger partial charge on any atom is 0.225 e. The zero-order chi connectivity index (χ0) is 18.0. The van der Waals surface area contributed by atoms with Crippen LogP contribution in [0.3, 0.4) is 0 Å². The summed E-state index contributed by atoms with van der Waals surface area (Å²) in [7, 11) is 0. The second kappa shape index (κ2) is 7.56. The first-order valence-electron chi connectivity index (χ1n) is 8.71. The lowest BCUT2D eigenvalue weighted by atomic mass is 10.1. The van der Waals surface area contributed by atoms with Crippen molar-refractivity contribution in [3.8, 4) is 0 Å². The van der Waals surface area contributed by atoms with Gasteiger partial charge in [-0.2, -0.15) is 5.10 Å². The Morgan fingerprint density at radius 1 is 1.36 bits per heavy atom. The summed E-state index contributed by atoms with van der Waals surface area (Å²) >= 11 is 1.53. The van der Waals surface area contributed by atoms with Gasteiger partial charge in [0.15, 0.2) is 5.16 Å². The normalized spacial score (nSPS) is 15.2. The largest absolute Gasteiger partial charge is 0.311 e. The van der Waals surface area contributed by atoms with E-state index in [-0.39, 0.29) is 5.91 Å². The van der Waals surface area contributed by atoms with Crippen molar-refractivity contribution in [3.63, 3.8) is 0 Å². The summed E-state index contributed by atoms with van der Waals surface area (Å²) in [6.07, 6.45) is 7.26. The van der Waals surface area contributed by atoms with E-state index >= 15 is 0 Å². The van der Waals surface area contributed by atoms with Crippen LogP contribution in [0.15, 0.2) is 17.4 Å². The van der Waals surface area contributed by atoms with Gasteiger partial charge in [-0.15, -0.1) is 0 Å². The lowest BCUT2D eigenvalue weighted by Crippen LogP contribution is -2.19. The first-order chi connectivity index (χ1) is 12.0. The van der Waals surface area contributed by atoms with E-state index in [0.717, 1.165) is 27.9 Å². The van der Waals surface area contributed by atoms with Crippen LogP contribution in [0.25, 0.3) is 0 Å². The molecule has 134 valence electrons. The Kier molecular flexibility index (Phi) is 5.42. The molecule has 25 heavy (non-hydrogen) atoms. The Morgan fingerprint density at radius 2 is 2.04 bits per heavy atom. The van der Waals surface area contributed by atoms with Crippen molar-refractivity contribution < 1.29 is 4.79 Å². The Labute approximate surface area is 152 Å². The Morgan fingerprint density at radius 3 is 2.64 bits per heavy atom. The third-order valence-electron chi connectivity index (χ3n) is 4.81. The van der Waals surface area contributed by atoms with E-state index in [1.165, 1.54) is 24.6 Å². The summed E-state index contributed by atoms with van der Waals surface area (Å²) < 4.78 is 1.93. The SMILES string of the molecule is CSc1nc(C)c(CCC(=O)Nc2ccnn2C(C)C2CC2)c(C)n1. The van der Waals surface area contributed by atoms with Gasteiger partial charge in [0.05, 0.1) is 12.2 Å². The summed E-state index contributed by atoms with van der Waals surface area (Å²) in [4.78, 5) is 21.3. The van der Waals surface area contributed by atoms with Crippen molar-refractivity contribution >= 4 is 23.5 Å². The van der Waals surface area contributed by atoms with Crippen LogP contribution in [0, 0.1) is 19.8 Å². The maximum absolute atomic E-state index is 12.4. The van der Waals surface area contributed by atoms with E-state index < -0.39 is 0 Å². The standard InChI is InChI=1S/C18H25N5OS/c1-11-15(12(2)21-18(20-11)25-4)7-8-17(24)22-16-9-10-19-23(16)13(3)14-5-6-14/h9-10,13-14H,5-8H2,1-4H3,(H,22,24). The summed E-state index contributed by atoms with van der Waals surface area (Å²) in [6, 6.07) is 2.20. The molecule has 1 fully saturated rings. The molecule has 1 saturated carbocycles. The molecule has 1 amide bonds. The number of rotatable bonds is 7. The number of amides is 1. The molecule has 0 aromatic carbocycles. The van der Waals surface area contributed by atoms with Gasteiger partial charge in [0.1, 0.15) is 5.82 Å². The molecule has 0 aliphatic heterocycles. The molecular formula is C18H25N5OS. The van der Waals surface area contributed by atoms with Gasteiger partial charge in [0.25, 0.3) is 0 Å². The van der Waals surface area contributed by atoms with Gasteiger partial charge in [-0.1, -0.05) is 11.8 Å². The highest BCUT2D eigenvalue weighted by molar-refractivity contribution is 7.98. The number of anilines is 1. The number of carbonyl (C=O) groups excluding carboxylic acids is 1. The molecule has 2 heterocycles. The van der Waals surface area contributed by atoms with Crippen molar-refractivity contribution in [3.05, 3.63) is 29.2 Å². The average Bonchev–Trinajstić information content (AvgIpc) is 3.33. The molecule has 6 nitrogen and oxygen atoms in total. The number of thioether (sulfide) groups is 1. The zero-order valence-electron chi connectivity index (χ0n) is 15.2. The van der Waals surface area contributed by atoms with E-state index in [1.807, 2.05) is 30.9 Å². The molecule has 1 atom stereocenters. The molecule has 1 aliphatic carbocycles. The van der Waals surface area contributed by atoms with Gasteiger partial charge in [-0.3, -0.25) is 4.79 Å². The second-order valence-corrected chi connectivity index (χ2v) is 7.42. The van der Waals surface area contributed by atoms with Gasteiger partial charge in [0, 0.05) is 23.9 Å². The lowest BCUT2D eigenvalue weighted by molar-refractivity contribution is -0.116. The summed E-state index contributed by atoms with van der Waals surface area (Å²) in [6.45, 7) is 6.12. The molecule has 2 aromatic heterocycles. The summed E-state index contributed by atoms with van der Waals surface area (Å²) in [5, 5.41) is 8.16. The third-order valence-corrected chi connectivity index (χ3v) is 5.36. The summed E-state index contributed by atoms with van der Waals surface area (Å²) in [5.74, 6) is 1.47. The highest BCUT2D eigenvalue weighted by atomic mass is 32.2. The molecule has 0 radical (unpaired) electrons. The Bertz CT molecular complexity index is 746. The van der Waals surface area contributed by atoms with Crippen molar-refractivity contribution in [2.45, 2.75) is 57.7 Å². The highest BCUT2D eigenvalue weighted by Crippen LogP contribution is 2.40. The molecule has 1 unspecified atom stereocenters. The fraction of sp³-hybridized carbons (Fsp3) is 0.556. The second-order valence-electron chi connectivity index (χ2n) is 6.65. The van der Waals surface area contributed by atoms with Crippen LogP contribution in [-0.4, -0.2) is 31.9 Å². The van der Waals surface area contributed by atoms with Gasteiger partial charge in [-0.05, 0) is 57.8 Å². The molecular weight excluding hydrogens is 334 g/mol. The fourth-order valence-corrected chi connectivity index (χ4v) is 3.58. The minimum atomic E-state index is -0.00232. The molecule has 3 rings (SSSR count). The number of hydrogen-bond acceptors (Lipinski definition) is 5. The Balaban J connectivity index is 1.62. The van der Waals surface area contributed by atoms with Crippen molar-refractivity contribution in [2.24, 2.45) is 5.92 Å². The predicted octanol–water partition coefficient (Wildman–Crippen LogP) is 3.55. The van der Waals surface area contributed by atoms with E-state index in [2.05, 4.69) is 27.3 Å². The van der Waals surface area contributed by atoms with Crippen LogP contribution >= 0.6 is 11.8 Å². The quantitative estimate of drug-likeness (QED) is 0.604. The zero-order valence-corrected chi connectivity index (χ0v) is 16.1. The fourth-order valence-electron chi connectivity index (χ4n) is 3.12. The van der Waals surface area contributed by atoms with E-state index in [1.54, 1.807) is 6.20 Å². The van der Waals surface area contributed by atoms with Gasteiger partial charge < -0.3 is 5.32 Å². The van der Waals surface area contributed by atoms with Gasteiger partial charge in [0.2, 0.25) is 5.91 Å². The molecule has 2 aromatic rings. The smallest absolute Gasteiger partial charge is 0.225 e. The van der Waals surface area contributed by atoms with Gasteiger partial charge in [-0.25, -0.2) is 14.6 Å². The highest BCUT2D eigenvalue weighted by Gasteiger charge is 2.30. The van der Waals surface area contributed by atoms with Crippen LogP contribution in [0.2, 0.25) is 0 Å². The predicted molar refractivity (Wildman–Crippen MR) is 99.9 cm³/mol. The van der Waals surface area contributed by atoms with Crippen molar-refractivity contribution in [1.29, 1.82) is 0 Å². The molecule has 7 heteroatoms. The van der Waals surface area contributed by atoms with Crippen LogP contribution in [-0.2, 0) is 11.2 Å². The summed E-state index contributed by atoms with van der Waals surface area (Å²) in [5.41, 5.74) is 2.97. The molecule has 0 spiro atoms. The van der Waals surface area contributed by atoms with Gasteiger partial charge >= 0.3 is 0 Å². The number of aryl methyl sites for hydroxylation is 2. The topological polar surface area (TPSA) is 72.7 Å².